The summed E-state index contributed by atoms with van der Waals surface area (Å²) in [5, 5.41) is 2.57. The molecule has 0 atom stereocenters. The maximum atomic E-state index is 11.7. The van der Waals surface area contributed by atoms with Crippen LogP contribution in [0, 0.1) is 0 Å². The summed E-state index contributed by atoms with van der Waals surface area (Å²) in [5.74, 6) is 0. The molecule has 0 unspecified atom stereocenters. The number of ether oxygens (including phenoxy) is 1. The highest BCUT2D eigenvalue weighted by Gasteiger charge is 2.05. The molecule has 1 rings (SSSR count). The molecule has 0 heterocycles. The van der Waals surface area contributed by atoms with Crippen molar-refractivity contribution in [1.29, 1.82) is 0 Å². The Balaban J connectivity index is 2.59. The fourth-order valence-corrected chi connectivity index (χ4v) is 1.23. The number of amides is 1. The highest BCUT2D eigenvalue weighted by molar-refractivity contribution is 5.85. The van der Waals surface area contributed by atoms with Crippen molar-refractivity contribution in [2.24, 2.45) is 0 Å². The first-order valence-electron chi connectivity index (χ1n) is 4.85. The molecule has 1 amide bonds. The molecular weight excluding hydrogens is 197 g/mol. The van der Waals surface area contributed by atoms with E-state index >= 15 is 0 Å². The van der Waals surface area contributed by atoms with Crippen LogP contribution >= 0.6 is 0 Å². The standard InChI is InChI=1S/C11H14FNO2/c1-2-9-5-3-4-6-10(9)13-11(14)15-8-7-12/h3-6H,2,7-8H2,1H3,(H,13,14). The summed E-state index contributed by atoms with van der Waals surface area (Å²) in [6.45, 7) is 1.12. The number of hydrogen-bond donors (Lipinski definition) is 1. The first kappa shape index (κ1) is 11.5. The number of alkyl halides is 1. The second-order valence-corrected chi connectivity index (χ2v) is 2.96. The van der Waals surface area contributed by atoms with Crippen LogP contribution in [0.3, 0.4) is 0 Å². The molecule has 0 saturated carbocycles. The number of nitrogens with one attached hydrogen (secondary N) is 1. The van der Waals surface area contributed by atoms with Crippen molar-refractivity contribution >= 4 is 11.8 Å². The van der Waals surface area contributed by atoms with Crippen molar-refractivity contribution in [2.45, 2.75) is 13.3 Å². The smallest absolute Gasteiger partial charge is 0.411 e. The Bertz CT molecular complexity index is 328. The average Bonchev–Trinajstić information content (AvgIpc) is 2.27. The van der Waals surface area contributed by atoms with Crippen LogP contribution in [0.2, 0.25) is 0 Å². The van der Waals surface area contributed by atoms with E-state index in [0.717, 1.165) is 12.0 Å². The van der Waals surface area contributed by atoms with Crippen LogP contribution in [0.5, 0.6) is 0 Å². The minimum Gasteiger partial charge on any atom is -0.447 e. The van der Waals surface area contributed by atoms with Gasteiger partial charge in [0.1, 0.15) is 13.3 Å². The van der Waals surface area contributed by atoms with E-state index in [1.807, 2.05) is 25.1 Å². The first-order valence-corrected chi connectivity index (χ1v) is 4.85. The lowest BCUT2D eigenvalue weighted by atomic mass is 10.1. The van der Waals surface area contributed by atoms with Crippen LogP contribution in [-0.4, -0.2) is 19.4 Å². The van der Waals surface area contributed by atoms with E-state index in [1.54, 1.807) is 6.07 Å². The number of rotatable bonds is 4. The quantitative estimate of drug-likeness (QED) is 0.831. The Labute approximate surface area is 88.2 Å². The van der Waals surface area contributed by atoms with Gasteiger partial charge in [0.25, 0.3) is 0 Å². The van der Waals surface area contributed by atoms with E-state index in [9.17, 15) is 9.18 Å². The number of hydrogen-bond acceptors (Lipinski definition) is 2. The molecule has 1 aromatic carbocycles. The molecule has 0 aliphatic rings. The van der Waals surface area contributed by atoms with Gasteiger partial charge in [-0.3, -0.25) is 5.32 Å². The third-order valence-electron chi connectivity index (χ3n) is 1.95. The predicted molar refractivity (Wildman–Crippen MR) is 56.8 cm³/mol. The van der Waals surface area contributed by atoms with Crippen molar-refractivity contribution in [3.63, 3.8) is 0 Å². The molecular formula is C11H14FNO2. The third-order valence-corrected chi connectivity index (χ3v) is 1.95. The topological polar surface area (TPSA) is 38.3 Å². The molecule has 0 aliphatic heterocycles. The van der Waals surface area contributed by atoms with Gasteiger partial charge in [0, 0.05) is 5.69 Å². The molecule has 0 fully saturated rings. The Hall–Kier alpha value is -1.58. The van der Waals surface area contributed by atoms with Crippen molar-refractivity contribution < 1.29 is 13.9 Å². The summed E-state index contributed by atoms with van der Waals surface area (Å²) < 4.78 is 16.3. The number of aryl methyl sites for hydroxylation is 1. The highest BCUT2D eigenvalue weighted by atomic mass is 19.1. The van der Waals surface area contributed by atoms with Gasteiger partial charge in [-0.15, -0.1) is 0 Å². The number of anilines is 1. The third kappa shape index (κ3) is 3.58. The second kappa shape index (κ2) is 6.01. The van der Waals surface area contributed by atoms with Crippen LogP contribution in [0.15, 0.2) is 24.3 Å². The Morgan fingerprint density at radius 3 is 2.87 bits per heavy atom. The highest BCUT2D eigenvalue weighted by Crippen LogP contribution is 2.15. The fraction of sp³-hybridized carbons (Fsp3) is 0.364. The van der Waals surface area contributed by atoms with Crippen LogP contribution in [-0.2, 0) is 11.2 Å². The zero-order chi connectivity index (χ0) is 11.1. The summed E-state index contributed by atoms with van der Waals surface area (Å²) in [4.78, 5) is 11.1. The Morgan fingerprint density at radius 2 is 2.20 bits per heavy atom. The van der Waals surface area contributed by atoms with Crippen LogP contribution < -0.4 is 5.32 Å². The van der Waals surface area contributed by atoms with E-state index in [0.29, 0.717) is 5.69 Å². The molecule has 0 spiro atoms. The van der Waals surface area contributed by atoms with Crippen molar-refractivity contribution in [2.75, 3.05) is 18.6 Å². The molecule has 3 nitrogen and oxygen atoms in total. The summed E-state index contributed by atoms with van der Waals surface area (Å²) in [6, 6.07) is 7.43. The second-order valence-electron chi connectivity index (χ2n) is 2.96. The molecule has 0 aromatic heterocycles. The number of carbonyl (C=O) groups is 1. The molecule has 0 saturated heterocycles. The number of halogens is 1. The van der Waals surface area contributed by atoms with Gasteiger partial charge in [0.15, 0.2) is 0 Å². The van der Waals surface area contributed by atoms with Gasteiger partial charge in [0.05, 0.1) is 0 Å². The van der Waals surface area contributed by atoms with Gasteiger partial charge in [-0.1, -0.05) is 25.1 Å². The van der Waals surface area contributed by atoms with Gasteiger partial charge in [-0.2, -0.15) is 0 Å². The molecule has 1 aromatic rings. The molecule has 15 heavy (non-hydrogen) atoms. The van der Waals surface area contributed by atoms with Crippen LogP contribution in [0.1, 0.15) is 12.5 Å². The monoisotopic (exact) mass is 211 g/mol. The lowest BCUT2D eigenvalue weighted by molar-refractivity contribution is 0.152. The largest absolute Gasteiger partial charge is 0.447 e. The van der Waals surface area contributed by atoms with E-state index < -0.39 is 12.8 Å². The normalized spacial score (nSPS) is 9.73. The van der Waals surface area contributed by atoms with Crippen molar-refractivity contribution in [3.05, 3.63) is 29.8 Å². The lowest BCUT2D eigenvalue weighted by Gasteiger charge is -2.09. The van der Waals surface area contributed by atoms with Crippen LogP contribution in [0.25, 0.3) is 0 Å². The van der Waals surface area contributed by atoms with E-state index in [2.05, 4.69) is 10.1 Å². The fourth-order valence-electron chi connectivity index (χ4n) is 1.23. The molecule has 1 N–H and O–H groups in total. The van der Waals surface area contributed by atoms with Gasteiger partial charge in [-0.25, -0.2) is 9.18 Å². The van der Waals surface area contributed by atoms with Gasteiger partial charge in [-0.05, 0) is 18.1 Å². The number of carbonyl (C=O) groups excluding carboxylic acids is 1. The Kier molecular flexibility index (Phi) is 4.60. The SMILES string of the molecule is CCc1ccccc1NC(=O)OCCF. The van der Waals surface area contributed by atoms with Crippen molar-refractivity contribution in [1.82, 2.24) is 0 Å². The number of benzene rings is 1. The summed E-state index contributed by atoms with van der Waals surface area (Å²) in [6.07, 6.45) is 0.202. The molecule has 0 radical (unpaired) electrons. The van der Waals surface area contributed by atoms with Gasteiger partial charge in [0.2, 0.25) is 0 Å². The summed E-state index contributed by atoms with van der Waals surface area (Å²) >= 11 is 0. The molecule has 82 valence electrons. The Morgan fingerprint density at radius 1 is 1.47 bits per heavy atom. The molecule has 0 aliphatic carbocycles. The zero-order valence-electron chi connectivity index (χ0n) is 8.63. The van der Waals surface area contributed by atoms with E-state index in [1.165, 1.54) is 0 Å². The minimum absolute atomic E-state index is 0.208. The van der Waals surface area contributed by atoms with E-state index in [4.69, 9.17) is 0 Å². The minimum atomic E-state index is -0.664. The lowest BCUT2D eigenvalue weighted by Crippen LogP contribution is -2.15. The first-order chi connectivity index (χ1) is 7.27. The number of para-hydroxylation sites is 1. The maximum Gasteiger partial charge on any atom is 0.411 e. The maximum absolute atomic E-state index is 11.7. The zero-order valence-corrected chi connectivity index (χ0v) is 8.63. The van der Waals surface area contributed by atoms with Crippen molar-refractivity contribution in [3.8, 4) is 0 Å². The molecule has 0 bridgehead atoms. The average molecular weight is 211 g/mol. The van der Waals surface area contributed by atoms with Gasteiger partial charge >= 0.3 is 6.09 Å². The van der Waals surface area contributed by atoms with Crippen LogP contribution in [0.4, 0.5) is 14.9 Å². The summed E-state index contributed by atoms with van der Waals surface area (Å²) in [7, 11) is 0. The molecule has 4 heteroatoms. The van der Waals surface area contributed by atoms with E-state index in [-0.39, 0.29) is 6.61 Å². The van der Waals surface area contributed by atoms with Gasteiger partial charge < -0.3 is 4.74 Å². The summed E-state index contributed by atoms with van der Waals surface area (Å²) in [5.41, 5.74) is 1.73. The predicted octanol–water partition coefficient (Wildman–Crippen LogP) is 2.77.